The molecule has 2 heteroatoms. The van der Waals surface area contributed by atoms with E-state index in [1.807, 2.05) is 0 Å². The normalized spacial score (nSPS) is 26.1. The summed E-state index contributed by atoms with van der Waals surface area (Å²) in [6, 6.07) is 0.531. The van der Waals surface area contributed by atoms with Crippen molar-refractivity contribution in [3.63, 3.8) is 0 Å². The predicted octanol–water partition coefficient (Wildman–Crippen LogP) is 5.01. The Labute approximate surface area is 127 Å². The second kappa shape index (κ2) is 5.96. The first-order valence-corrected chi connectivity index (χ1v) is 8.30. The third-order valence-electron chi connectivity index (χ3n) is 3.95. The maximum atomic E-state index is 6.42. The van der Waals surface area contributed by atoms with Crippen LogP contribution in [0.3, 0.4) is 0 Å². The largest absolute Gasteiger partial charge is 0.371 e. The molecule has 0 aromatic rings. The summed E-state index contributed by atoms with van der Waals surface area (Å²) in [5.74, 6) is 0. The number of hydrogen-bond acceptors (Lipinski definition) is 2. The van der Waals surface area contributed by atoms with Crippen LogP contribution in [0, 0.1) is 0 Å². The SMILES string of the molecule is CC(C)(C)OC1CCCC[C@@H]1N(C(C)(C)C)C(C)(C)C. The summed E-state index contributed by atoms with van der Waals surface area (Å²) in [5.41, 5.74) is 0.279. The molecule has 0 radical (unpaired) electrons. The van der Waals surface area contributed by atoms with Gasteiger partial charge in [0.1, 0.15) is 0 Å². The Morgan fingerprint density at radius 3 is 1.60 bits per heavy atom. The second-order valence-corrected chi connectivity index (χ2v) is 9.33. The maximum Gasteiger partial charge on any atom is 0.0737 e. The van der Waals surface area contributed by atoms with E-state index in [2.05, 4.69) is 67.2 Å². The molecule has 1 unspecified atom stereocenters. The Morgan fingerprint density at radius 2 is 1.20 bits per heavy atom. The highest BCUT2D eigenvalue weighted by molar-refractivity contribution is 4.97. The van der Waals surface area contributed by atoms with E-state index in [0.29, 0.717) is 12.1 Å². The lowest BCUT2D eigenvalue weighted by Gasteiger charge is -2.54. The molecule has 1 aliphatic carbocycles. The number of ether oxygens (including phenoxy) is 1. The van der Waals surface area contributed by atoms with Crippen molar-refractivity contribution in [1.82, 2.24) is 4.90 Å². The van der Waals surface area contributed by atoms with Gasteiger partial charge in [0, 0.05) is 17.1 Å². The number of rotatable bonds is 2. The average Bonchev–Trinajstić information content (AvgIpc) is 2.14. The molecular weight excluding hydrogens is 246 g/mol. The van der Waals surface area contributed by atoms with Gasteiger partial charge < -0.3 is 4.74 Å². The van der Waals surface area contributed by atoms with Crippen LogP contribution in [0.5, 0.6) is 0 Å². The van der Waals surface area contributed by atoms with E-state index in [4.69, 9.17) is 4.74 Å². The van der Waals surface area contributed by atoms with Crippen molar-refractivity contribution >= 4 is 0 Å². The molecule has 20 heavy (non-hydrogen) atoms. The highest BCUT2D eigenvalue weighted by Gasteiger charge is 2.42. The smallest absolute Gasteiger partial charge is 0.0737 e. The molecule has 120 valence electrons. The van der Waals surface area contributed by atoms with Gasteiger partial charge >= 0.3 is 0 Å². The van der Waals surface area contributed by atoms with Crippen molar-refractivity contribution < 1.29 is 4.74 Å². The van der Waals surface area contributed by atoms with E-state index in [9.17, 15) is 0 Å². The van der Waals surface area contributed by atoms with Crippen LogP contribution < -0.4 is 0 Å². The summed E-state index contributed by atoms with van der Waals surface area (Å²) in [5, 5.41) is 0. The molecule has 0 spiro atoms. The molecule has 0 amide bonds. The van der Waals surface area contributed by atoms with Crippen molar-refractivity contribution in [2.45, 2.75) is 117 Å². The van der Waals surface area contributed by atoms with E-state index in [-0.39, 0.29) is 16.7 Å². The van der Waals surface area contributed by atoms with Gasteiger partial charge in [0.15, 0.2) is 0 Å². The summed E-state index contributed by atoms with van der Waals surface area (Å²) in [6.45, 7) is 20.5. The van der Waals surface area contributed by atoms with Gasteiger partial charge in [-0.05, 0) is 75.2 Å². The van der Waals surface area contributed by atoms with Crippen molar-refractivity contribution in [2.24, 2.45) is 0 Å². The summed E-state index contributed by atoms with van der Waals surface area (Å²) in [4.78, 5) is 2.69. The number of nitrogens with zero attached hydrogens (tertiary/aromatic N) is 1. The quantitative estimate of drug-likeness (QED) is 0.706. The van der Waals surface area contributed by atoms with Crippen LogP contribution in [0.15, 0.2) is 0 Å². The van der Waals surface area contributed by atoms with Crippen LogP contribution in [0.1, 0.15) is 88.0 Å². The molecule has 1 aliphatic rings. The first-order chi connectivity index (χ1) is 8.82. The van der Waals surface area contributed by atoms with Gasteiger partial charge in [-0.25, -0.2) is 0 Å². The van der Waals surface area contributed by atoms with E-state index in [0.717, 1.165) is 0 Å². The molecule has 2 atom stereocenters. The molecule has 1 rings (SSSR count). The van der Waals surface area contributed by atoms with Crippen molar-refractivity contribution in [3.05, 3.63) is 0 Å². The summed E-state index contributed by atoms with van der Waals surface area (Å²) >= 11 is 0. The molecule has 0 aromatic heterocycles. The van der Waals surface area contributed by atoms with Crippen LogP contribution in [-0.4, -0.2) is 33.7 Å². The zero-order valence-corrected chi connectivity index (χ0v) is 15.3. The first-order valence-electron chi connectivity index (χ1n) is 8.30. The molecule has 0 saturated heterocycles. The highest BCUT2D eigenvalue weighted by atomic mass is 16.5. The van der Waals surface area contributed by atoms with Gasteiger partial charge in [-0.15, -0.1) is 0 Å². The third kappa shape index (κ3) is 5.04. The molecule has 0 aliphatic heterocycles. The Hall–Kier alpha value is -0.0800. The van der Waals surface area contributed by atoms with Crippen molar-refractivity contribution in [2.75, 3.05) is 0 Å². The van der Waals surface area contributed by atoms with Gasteiger partial charge in [-0.3, -0.25) is 4.90 Å². The summed E-state index contributed by atoms with van der Waals surface area (Å²) in [6.07, 6.45) is 5.46. The molecule has 1 saturated carbocycles. The maximum absolute atomic E-state index is 6.42. The van der Waals surface area contributed by atoms with Crippen LogP contribution in [-0.2, 0) is 4.74 Å². The summed E-state index contributed by atoms with van der Waals surface area (Å²) < 4.78 is 6.42. The Balaban J connectivity index is 3.02. The standard InChI is InChI=1S/C18H37NO/c1-16(2,3)19(17(4,5)6)14-12-10-11-13-15(14)20-18(7,8)9/h14-15H,10-13H2,1-9H3/t14-,15?/m0/s1. The van der Waals surface area contributed by atoms with Crippen LogP contribution in [0.4, 0.5) is 0 Å². The third-order valence-corrected chi connectivity index (χ3v) is 3.95. The Bertz CT molecular complexity index is 289. The van der Waals surface area contributed by atoms with E-state index < -0.39 is 0 Å². The molecule has 0 aromatic carbocycles. The van der Waals surface area contributed by atoms with Crippen LogP contribution >= 0.6 is 0 Å². The average molecular weight is 284 g/mol. The Kier molecular flexibility index (Phi) is 5.36. The molecule has 0 N–H and O–H groups in total. The lowest BCUT2D eigenvalue weighted by atomic mass is 9.84. The predicted molar refractivity (Wildman–Crippen MR) is 88.2 cm³/mol. The molecule has 0 bridgehead atoms. The zero-order valence-electron chi connectivity index (χ0n) is 15.3. The van der Waals surface area contributed by atoms with Gasteiger partial charge in [0.25, 0.3) is 0 Å². The fraction of sp³-hybridized carbons (Fsp3) is 1.00. The van der Waals surface area contributed by atoms with E-state index in [1.54, 1.807) is 0 Å². The first kappa shape index (κ1) is 18.0. The fourth-order valence-electron chi connectivity index (χ4n) is 3.97. The van der Waals surface area contributed by atoms with Gasteiger partial charge in [-0.2, -0.15) is 0 Å². The molecule has 2 nitrogen and oxygen atoms in total. The van der Waals surface area contributed by atoms with E-state index >= 15 is 0 Å². The van der Waals surface area contributed by atoms with Gasteiger partial charge in [0.05, 0.1) is 11.7 Å². The van der Waals surface area contributed by atoms with Crippen LogP contribution in [0.25, 0.3) is 0 Å². The topological polar surface area (TPSA) is 12.5 Å². The Morgan fingerprint density at radius 1 is 0.750 bits per heavy atom. The van der Waals surface area contributed by atoms with E-state index in [1.165, 1.54) is 25.7 Å². The summed E-state index contributed by atoms with van der Waals surface area (Å²) in [7, 11) is 0. The lowest BCUT2D eigenvalue weighted by molar-refractivity contribution is -0.141. The minimum atomic E-state index is -0.0539. The van der Waals surface area contributed by atoms with Crippen molar-refractivity contribution in [3.8, 4) is 0 Å². The monoisotopic (exact) mass is 283 g/mol. The highest BCUT2D eigenvalue weighted by Crippen LogP contribution is 2.36. The number of hydrogen-bond donors (Lipinski definition) is 0. The molecule has 0 heterocycles. The minimum Gasteiger partial charge on any atom is -0.371 e. The minimum absolute atomic E-state index is 0.0539. The molecular formula is C18H37NO. The molecule has 1 fully saturated rings. The zero-order chi connectivity index (χ0) is 15.8. The van der Waals surface area contributed by atoms with Gasteiger partial charge in [-0.1, -0.05) is 12.8 Å². The van der Waals surface area contributed by atoms with Gasteiger partial charge in [0.2, 0.25) is 0 Å². The second-order valence-electron chi connectivity index (χ2n) is 9.33. The lowest BCUT2D eigenvalue weighted by Crippen LogP contribution is -2.62. The van der Waals surface area contributed by atoms with Crippen molar-refractivity contribution in [1.29, 1.82) is 0 Å². The van der Waals surface area contributed by atoms with Crippen LogP contribution in [0.2, 0.25) is 0 Å². The fourth-order valence-corrected chi connectivity index (χ4v) is 3.97.